The van der Waals surface area contributed by atoms with Gasteiger partial charge in [0.25, 0.3) is 0 Å². The van der Waals surface area contributed by atoms with Crippen molar-refractivity contribution in [1.82, 2.24) is 15.1 Å². The Morgan fingerprint density at radius 3 is 2.43 bits per heavy atom. The Kier molecular flexibility index (Phi) is 6.35. The average Bonchev–Trinajstić information content (AvgIpc) is 3.30. The Bertz CT molecular complexity index is 1210. The zero-order chi connectivity index (χ0) is 24.4. The summed E-state index contributed by atoms with van der Waals surface area (Å²) in [5.41, 5.74) is 3.64. The summed E-state index contributed by atoms with van der Waals surface area (Å²) in [5.74, 6) is 1.11. The number of ether oxygens (including phenoxy) is 1. The summed E-state index contributed by atoms with van der Waals surface area (Å²) in [6.45, 7) is 4.91. The molecule has 2 aliphatic heterocycles. The summed E-state index contributed by atoms with van der Waals surface area (Å²) in [6, 6.07) is 19.7. The van der Waals surface area contributed by atoms with Gasteiger partial charge in [-0.3, -0.25) is 9.59 Å². The van der Waals surface area contributed by atoms with Gasteiger partial charge in [0.2, 0.25) is 11.8 Å². The van der Waals surface area contributed by atoms with Crippen LogP contribution in [-0.4, -0.2) is 66.7 Å². The Morgan fingerprint density at radius 1 is 0.971 bits per heavy atom. The first kappa shape index (κ1) is 22.8. The Hall–Kier alpha value is -3.94. The summed E-state index contributed by atoms with van der Waals surface area (Å²) < 4.78 is 5.45. The van der Waals surface area contributed by atoms with Crippen molar-refractivity contribution >= 4 is 23.3 Å². The van der Waals surface area contributed by atoms with Crippen LogP contribution in [-0.2, 0) is 9.59 Å². The molecule has 1 atom stereocenters. The topological polar surface area (TPSA) is 78.9 Å². The van der Waals surface area contributed by atoms with E-state index in [9.17, 15) is 9.59 Å². The molecular formula is C27H29N5O3. The highest BCUT2D eigenvalue weighted by molar-refractivity contribution is 6.01. The Labute approximate surface area is 205 Å². The van der Waals surface area contributed by atoms with Crippen molar-refractivity contribution in [3.05, 3.63) is 66.2 Å². The van der Waals surface area contributed by atoms with Crippen LogP contribution in [0.15, 0.2) is 60.7 Å². The standard InChI is InChI=1S/C27H29N5O3/c1-19-8-10-24(35-2)23(16-19)32-18-21(17-26(32)33)27(34)31-14-12-30(13-15-31)25-11-9-22(28-29-25)20-6-4-3-5-7-20/h3-11,16,21H,12-15,17-18H2,1-2H3. The van der Waals surface area contributed by atoms with Crippen molar-refractivity contribution in [1.29, 1.82) is 0 Å². The fourth-order valence-corrected chi connectivity index (χ4v) is 4.79. The number of piperazine rings is 1. The molecule has 180 valence electrons. The summed E-state index contributed by atoms with van der Waals surface area (Å²) in [6.07, 6.45) is 0.225. The van der Waals surface area contributed by atoms with E-state index in [1.807, 2.05) is 72.5 Å². The van der Waals surface area contributed by atoms with Gasteiger partial charge >= 0.3 is 0 Å². The molecule has 2 aromatic carbocycles. The van der Waals surface area contributed by atoms with Crippen LogP contribution < -0.4 is 14.5 Å². The van der Waals surface area contributed by atoms with Crippen LogP contribution in [0.2, 0.25) is 0 Å². The van der Waals surface area contributed by atoms with Gasteiger partial charge in [-0.1, -0.05) is 36.4 Å². The minimum absolute atomic E-state index is 0.0395. The molecule has 2 amide bonds. The van der Waals surface area contributed by atoms with Crippen LogP contribution in [0.1, 0.15) is 12.0 Å². The number of carbonyl (C=O) groups excluding carboxylic acids is 2. The molecule has 1 unspecified atom stereocenters. The van der Waals surface area contributed by atoms with Crippen LogP contribution in [0, 0.1) is 12.8 Å². The van der Waals surface area contributed by atoms with Crippen molar-refractivity contribution < 1.29 is 14.3 Å². The second-order valence-electron chi connectivity index (χ2n) is 9.04. The SMILES string of the molecule is COc1ccc(C)cc1N1CC(C(=O)N2CCN(c3ccc(-c4ccccc4)nn3)CC2)CC1=O. The van der Waals surface area contributed by atoms with Gasteiger partial charge in [0.05, 0.1) is 24.4 Å². The first-order chi connectivity index (χ1) is 17.0. The van der Waals surface area contributed by atoms with E-state index in [-0.39, 0.29) is 24.2 Å². The summed E-state index contributed by atoms with van der Waals surface area (Å²) in [4.78, 5) is 31.8. The minimum atomic E-state index is -0.343. The highest BCUT2D eigenvalue weighted by Crippen LogP contribution is 2.34. The van der Waals surface area contributed by atoms with Crippen LogP contribution in [0.5, 0.6) is 5.75 Å². The molecule has 8 heteroatoms. The third kappa shape index (κ3) is 4.69. The van der Waals surface area contributed by atoms with Crippen molar-refractivity contribution in [2.45, 2.75) is 13.3 Å². The summed E-state index contributed by atoms with van der Waals surface area (Å²) in [7, 11) is 1.59. The molecule has 3 heterocycles. The van der Waals surface area contributed by atoms with E-state index in [1.165, 1.54) is 0 Å². The minimum Gasteiger partial charge on any atom is -0.495 e. The molecular weight excluding hydrogens is 442 g/mol. The lowest BCUT2D eigenvalue weighted by Gasteiger charge is -2.36. The number of aromatic nitrogens is 2. The van der Waals surface area contributed by atoms with Crippen molar-refractivity contribution in [3.8, 4) is 17.0 Å². The number of rotatable bonds is 5. The molecule has 2 saturated heterocycles. The molecule has 2 fully saturated rings. The van der Waals surface area contributed by atoms with Crippen LogP contribution in [0.4, 0.5) is 11.5 Å². The van der Waals surface area contributed by atoms with E-state index >= 15 is 0 Å². The van der Waals surface area contributed by atoms with Gasteiger partial charge in [0.1, 0.15) is 5.75 Å². The lowest BCUT2D eigenvalue weighted by Crippen LogP contribution is -2.51. The Balaban J connectivity index is 1.20. The molecule has 0 aliphatic carbocycles. The molecule has 35 heavy (non-hydrogen) atoms. The third-order valence-electron chi connectivity index (χ3n) is 6.73. The molecule has 3 aromatic rings. The quantitative estimate of drug-likeness (QED) is 0.569. The van der Waals surface area contributed by atoms with Gasteiger partial charge < -0.3 is 19.4 Å². The normalized spacial score (nSPS) is 18.2. The summed E-state index contributed by atoms with van der Waals surface area (Å²) in [5, 5.41) is 8.79. The maximum Gasteiger partial charge on any atom is 0.228 e. The fourth-order valence-electron chi connectivity index (χ4n) is 4.79. The maximum absolute atomic E-state index is 13.3. The van der Waals surface area contributed by atoms with E-state index < -0.39 is 0 Å². The molecule has 1 aromatic heterocycles. The first-order valence-electron chi connectivity index (χ1n) is 11.9. The molecule has 0 radical (unpaired) electrons. The van der Waals surface area contributed by atoms with Crippen molar-refractivity contribution in [2.24, 2.45) is 5.92 Å². The molecule has 8 nitrogen and oxygen atoms in total. The second-order valence-corrected chi connectivity index (χ2v) is 9.04. The number of amides is 2. The van der Waals surface area contributed by atoms with E-state index in [0.717, 1.165) is 28.3 Å². The van der Waals surface area contributed by atoms with Gasteiger partial charge in [-0.05, 0) is 36.8 Å². The van der Waals surface area contributed by atoms with Gasteiger partial charge in [0, 0.05) is 44.7 Å². The van der Waals surface area contributed by atoms with Crippen LogP contribution in [0.3, 0.4) is 0 Å². The molecule has 0 N–H and O–H groups in total. The number of hydrogen-bond acceptors (Lipinski definition) is 6. The van der Waals surface area contributed by atoms with E-state index in [4.69, 9.17) is 4.74 Å². The van der Waals surface area contributed by atoms with E-state index in [0.29, 0.717) is 38.5 Å². The molecule has 2 aliphatic rings. The number of methoxy groups -OCH3 is 1. The average molecular weight is 472 g/mol. The van der Waals surface area contributed by atoms with Crippen LogP contribution >= 0.6 is 0 Å². The lowest BCUT2D eigenvalue weighted by molar-refractivity contribution is -0.136. The largest absolute Gasteiger partial charge is 0.495 e. The third-order valence-corrected chi connectivity index (χ3v) is 6.73. The zero-order valence-electron chi connectivity index (χ0n) is 20.1. The van der Waals surface area contributed by atoms with Gasteiger partial charge in [-0.25, -0.2) is 0 Å². The lowest BCUT2D eigenvalue weighted by atomic mass is 10.1. The molecule has 5 rings (SSSR count). The number of aryl methyl sites for hydroxylation is 1. The molecule has 0 bridgehead atoms. The summed E-state index contributed by atoms with van der Waals surface area (Å²) >= 11 is 0. The molecule has 0 saturated carbocycles. The predicted octanol–water partition coefficient (Wildman–Crippen LogP) is 3.16. The number of nitrogens with zero attached hydrogens (tertiary/aromatic N) is 5. The molecule has 0 spiro atoms. The van der Waals surface area contributed by atoms with Gasteiger partial charge in [-0.15, -0.1) is 10.2 Å². The van der Waals surface area contributed by atoms with Gasteiger partial charge in [0.15, 0.2) is 5.82 Å². The highest BCUT2D eigenvalue weighted by Gasteiger charge is 2.39. The number of anilines is 2. The van der Waals surface area contributed by atoms with Crippen molar-refractivity contribution in [2.75, 3.05) is 49.6 Å². The van der Waals surface area contributed by atoms with E-state index in [2.05, 4.69) is 15.1 Å². The highest BCUT2D eigenvalue weighted by atomic mass is 16.5. The van der Waals surface area contributed by atoms with Crippen molar-refractivity contribution in [3.63, 3.8) is 0 Å². The maximum atomic E-state index is 13.3. The number of benzene rings is 2. The van der Waals surface area contributed by atoms with Crippen LogP contribution in [0.25, 0.3) is 11.3 Å². The van der Waals surface area contributed by atoms with E-state index in [1.54, 1.807) is 12.0 Å². The smallest absolute Gasteiger partial charge is 0.228 e. The predicted molar refractivity (Wildman–Crippen MR) is 134 cm³/mol. The first-order valence-corrected chi connectivity index (χ1v) is 11.9. The second kappa shape index (κ2) is 9.74. The number of hydrogen-bond donors (Lipinski definition) is 0. The zero-order valence-corrected chi connectivity index (χ0v) is 20.1. The number of carbonyl (C=O) groups is 2. The monoisotopic (exact) mass is 471 g/mol. The Morgan fingerprint density at radius 2 is 1.74 bits per heavy atom. The van der Waals surface area contributed by atoms with Gasteiger partial charge in [-0.2, -0.15) is 0 Å². The fraction of sp³-hybridized carbons (Fsp3) is 0.333.